The average molecular weight is 377 g/mol. The molecule has 0 aliphatic rings. The van der Waals surface area contributed by atoms with Crippen LogP contribution < -0.4 is 14.8 Å². The standard InChI is InChI=1S/C21H31NO5/c1-5-6-7-8-13-27-17-11-9-16(14-18(17)26-4)10-12-19(23)22-20(15(2)3)21(24)25/h9-12,14-15,20H,5-8,13H2,1-4H3,(H,22,23)(H,24,25)/b12-10+/t20-/m1/s1. The van der Waals surface area contributed by atoms with Gasteiger partial charge in [-0.1, -0.05) is 46.1 Å². The highest BCUT2D eigenvalue weighted by atomic mass is 16.5. The molecule has 1 atom stereocenters. The van der Waals surface area contributed by atoms with Gasteiger partial charge in [-0.15, -0.1) is 0 Å². The van der Waals surface area contributed by atoms with E-state index in [1.54, 1.807) is 33.1 Å². The number of carbonyl (C=O) groups is 2. The first-order valence-corrected chi connectivity index (χ1v) is 9.41. The molecule has 1 rings (SSSR count). The summed E-state index contributed by atoms with van der Waals surface area (Å²) in [5.41, 5.74) is 0.761. The van der Waals surface area contributed by atoms with Gasteiger partial charge in [0.2, 0.25) is 5.91 Å². The maximum Gasteiger partial charge on any atom is 0.326 e. The fraction of sp³-hybridized carbons (Fsp3) is 0.524. The summed E-state index contributed by atoms with van der Waals surface area (Å²) in [5, 5.41) is 11.6. The number of carbonyl (C=O) groups excluding carboxylic acids is 1. The predicted molar refractivity (Wildman–Crippen MR) is 106 cm³/mol. The number of hydrogen-bond donors (Lipinski definition) is 2. The molecule has 0 saturated heterocycles. The van der Waals surface area contributed by atoms with Crippen LogP contribution in [0.3, 0.4) is 0 Å². The number of ether oxygens (including phenoxy) is 2. The van der Waals surface area contributed by atoms with Crippen molar-refractivity contribution in [1.29, 1.82) is 0 Å². The van der Waals surface area contributed by atoms with E-state index in [0.29, 0.717) is 18.1 Å². The zero-order chi connectivity index (χ0) is 20.2. The van der Waals surface area contributed by atoms with Crippen LogP contribution in [0.1, 0.15) is 52.0 Å². The van der Waals surface area contributed by atoms with Gasteiger partial charge in [-0.25, -0.2) is 4.79 Å². The predicted octanol–water partition coefficient (Wildman–Crippen LogP) is 3.89. The number of methoxy groups -OCH3 is 1. The minimum Gasteiger partial charge on any atom is -0.493 e. The van der Waals surface area contributed by atoms with Gasteiger partial charge in [-0.3, -0.25) is 4.79 Å². The molecule has 0 aromatic heterocycles. The monoisotopic (exact) mass is 377 g/mol. The topological polar surface area (TPSA) is 84.9 Å². The van der Waals surface area contributed by atoms with E-state index in [9.17, 15) is 9.59 Å². The van der Waals surface area contributed by atoms with Crippen LogP contribution in [0.4, 0.5) is 0 Å². The van der Waals surface area contributed by atoms with E-state index in [-0.39, 0.29) is 5.92 Å². The molecule has 0 aliphatic heterocycles. The van der Waals surface area contributed by atoms with Crippen molar-refractivity contribution in [2.75, 3.05) is 13.7 Å². The largest absolute Gasteiger partial charge is 0.493 e. The van der Waals surface area contributed by atoms with Crippen LogP contribution in [0.25, 0.3) is 6.08 Å². The molecule has 1 aromatic rings. The molecule has 0 radical (unpaired) electrons. The molecule has 1 amide bonds. The summed E-state index contributed by atoms with van der Waals surface area (Å²) >= 11 is 0. The molecule has 6 heteroatoms. The van der Waals surface area contributed by atoms with Crippen molar-refractivity contribution in [2.45, 2.75) is 52.5 Å². The highest BCUT2D eigenvalue weighted by Gasteiger charge is 2.22. The molecule has 0 bridgehead atoms. The Morgan fingerprint density at radius 2 is 1.93 bits per heavy atom. The number of aliphatic carboxylic acids is 1. The molecule has 0 spiro atoms. The number of nitrogens with one attached hydrogen (secondary N) is 1. The SMILES string of the molecule is CCCCCCOc1ccc(/C=C/C(=O)N[C@@H](C(=O)O)C(C)C)cc1OC. The van der Waals surface area contributed by atoms with Gasteiger partial charge in [-0.05, 0) is 36.1 Å². The summed E-state index contributed by atoms with van der Waals surface area (Å²) in [6.07, 6.45) is 7.45. The first kappa shape index (κ1) is 22.5. The third kappa shape index (κ3) is 8.15. The molecule has 0 fully saturated rings. The number of unbranched alkanes of at least 4 members (excludes halogenated alkanes) is 3. The van der Waals surface area contributed by atoms with Gasteiger partial charge in [0.05, 0.1) is 13.7 Å². The van der Waals surface area contributed by atoms with Crippen molar-refractivity contribution >= 4 is 18.0 Å². The second kappa shape index (κ2) is 12.0. The highest BCUT2D eigenvalue weighted by Crippen LogP contribution is 2.28. The number of benzene rings is 1. The first-order chi connectivity index (χ1) is 12.9. The molecule has 27 heavy (non-hydrogen) atoms. The van der Waals surface area contributed by atoms with Crippen molar-refractivity contribution in [2.24, 2.45) is 5.92 Å². The van der Waals surface area contributed by atoms with Gasteiger partial charge in [0.25, 0.3) is 0 Å². The maximum absolute atomic E-state index is 12.0. The van der Waals surface area contributed by atoms with E-state index in [4.69, 9.17) is 14.6 Å². The Morgan fingerprint density at radius 3 is 2.52 bits per heavy atom. The zero-order valence-electron chi connectivity index (χ0n) is 16.7. The highest BCUT2D eigenvalue weighted by molar-refractivity contribution is 5.94. The van der Waals surface area contributed by atoms with Crippen molar-refractivity contribution in [3.8, 4) is 11.5 Å². The van der Waals surface area contributed by atoms with Crippen molar-refractivity contribution in [3.63, 3.8) is 0 Å². The molecule has 0 aliphatic carbocycles. The van der Waals surface area contributed by atoms with E-state index in [1.807, 2.05) is 12.1 Å². The van der Waals surface area contributed by atoms with Gasteiger partial charge in [0.1, 0.15) is 6.04 Å². The summed E-state index contributed by atoms with van der Waals surface area (Å²) in [5.74, 6) is -0.436. The van der Waals surface area contributed by atoms with Crippen LogP contribution in [-0.2, 0) is 9.59 Å². The summed E-state index contributed by atoms with van der Waals surface area (Å²) in [4.78, 5) is 23.1. The van der Waals surface area contributed by atoms with Crippen LogP contribution in [0.15, 0.2) is 24.3 Å². The number of hydrogen-bond acceptors (Lipinski definition) is 4. The van der Waals surface area contributed by atoms with E-state index in [1.165, 1.54) is 18.9 Å². The Morgan fingerprint density at radius 1 is 1.19 bits per heavy atom. The van der Waals surface area contributed by atoms with Crippen LogP contribution in [-0.4, -0.2) is 36.7 Å². The molecule has 6 nitrogen and oxygen atoms in total. The number of amides is 1. The Balaban J connectivity index is 2.68. The second-order valence-corrected chi connectivity index (χ2v) is 6.72. The first-order valence-electron chi connectivity index (χ1n) is 9.41. The smallest absolute Gasteiger partial charge is 0.326 e. The summed E-state index contributed by atoms with van der Waals surface area (Å²) in [6, 6.07) is 4.50. The van der Waals surface area contributed by atoms with Crippen molar-refractivity contribution in [1.82, 2.24) is 5.32 Å². The van der Waals surface area contributed by atoms with E-state index in [2.05, 4.69) is 12.2 Å². The lowest BCUT2D eigenvalue weighted by Gasteiger charge is -2.16. The molecular formula is C21H31NO5. The third-order valence-corrected chi connectivity index (χ3v) is 4.10. The molecule has 2 N–H and O–H groups in total. The Bertz CT molecular complexity index is 639. The van der Waals surface area contributed by atoms with Gasteiger partial charge in [-0.2, -0.15) is 0 Å². The molecule has 0 saturated carbocycles. The Kier molecular flexibility index (Phi) is 10.0. The van der Waals surface area contributed by atoms with E-state index in [0.717, 1.165) is 18.4 Å². The molecule has 0 heterocycles. The normalized spacial score (nSPS) is 12.2. The van der Waals surface area contributed by atoms with Gasteiger partial charge >= 0.3 is 5.97 Å². The molecule has 1 aromatic carbocycles. The summed E-state index contributed by atoms with van der Waals surface area (Å²) < 4.78 is 11.1. The lowest BCUT2D eigenvalue weighted by Crippen LogP contribution is -2.43. The van der Waals surface area contributed by atoms with E-state index < -0.39 is 17.9 Å². The van der Waals surface area contributed by atoms with Crippen LogP contribution in [0.5, 0.6) is 11.5 Å². The zero-order valence-corrected chi connectivity index (χ0v) is 16.7. The van der Waals surface area contributed by atoms with E-state index >= 15 is 0 Å². The van der Waals surface area contributed by atoms with Crippen LogP contribution in [0, 0.1) is 5.92 Å². The van der Waals surface area contributed by atoms with Crippen LogP contribution >= 0.6 is 0 Å². The van der Waals surface area contributed by atoms with Crippen molar-refractivity contribution in [3.05, 3.63) is 29.8 Å². The minimum absolute atomic E-state index is 0.200. The van der Waals surface area contributed by atoms with Crippen LogP contribution in [0.2, 0.25) is 0 Å². The minimum atomic E-state index is -1.05. The fourth-order valence-electron chi connectivity index (χ4n) is 2.50. The third-order valence-electron chi connectivity index (χ3n) is 4.10. The Labute approximate surface area is 161 Å². The second-order valence-electron chi connectivity index (χ2n) is 6.72. The average Bonchev–Trinajstić information content (AvgIpc) is 2.64. The number of carboxylic acids is 1. The lowest BCUT2D eigenvalue weighted by atomic mass is 10.0. The van der Waals surface area contributed by atoms with Gasteiger partial charge in [0, 0.05) is 6.08 Å². The number of carboxylic acid groups (broad SMARTS) is 1. The maximum atomic E-state index is 12.0. The molecule has 150 valence electrons. The quantitative estimate of drug-likeness (QED) is 0.426. The summed E-state index contributed by atoms with van der Waals surface area (Å²) in [6.45, 7) is 6.30. The van der Waals surface area contributed by atoms with Gasteiger partial charge in [0.15, 0.2) is 11.5 Å². The summed E-state index contributed by atoms with van der Waals surface area (Å²) in [7, 11) is 1.57. The number of rotatable bonds is 12. The lowest BCUT2D eigenvalue weighted by molar-refractivity contribution is -0.142. The molecular weight excluding hydrogens is 346 g/mol. The Hall–Kier alpha value is -2.50. The van der Waals surface area contributed by atoms with Crippen molar-refractivity contribution < 1.29 is 24.2 Å². The van der Waals surface area contributed by atoms with Gasteiger partial charge < -0.3 is 19.9 Å². The molecule has 0 unspecified atom stereocenters. The fourth-order valence-corrected chi connectivity index (χ4v) is 2.50.